The van der Waals surface area contributed by atoms with Crippen LogP contribution in [-0.4, -0.2) is 23.0 Å². The summed E-state index contributed by atoms with van der Waals surface area (Å²) in [4.78, 5) is 22.4. The van der Waals surface area contributed by atoms with Crippen LogP contribution in [0, 0.1) is 21.4 Å². The zero-order valence-corrected chi connectivity index (χ0v) is 14.1. The summed E-state index contributed by atoms with van der Waals surface area (Å²) in [5.41, 5.74) is -0.359. The van der Waals surface area contributed by atoms with Crippen molar-refractivity contribution in [3.8, 4) is 17.6 Å². The fourth-order valence-electron chi connectivity index (χ4n) is 2.06. The summed E-state index contributed by atoms with van der Waals surface area (Å²) >= 11 is 5.89. The van der Waals surface area contributed by atoms with Crippen LogP contribution in [0.5, 0.6) is 11.5 Å². The Bertz CT molecular complexity index is 950. The number of halogens is 1. The number of nitro benzene ring substituents is 1. The third-order valence-corrected chi connectivity index (χ3v) is 3.52. The molecule has 0 fully saturated rings. The SMILES string of the molecule is COc1ccc(Cl)cc1NC(=O)/C(C#N)=C/c1ccc(O)c([N+](=O)[O-])c1. The first-order valence-electron chi connectivity index (χ1n) is 7.09. The Morgan fingerprint density at radius 1 is 1.38 bits per heavy atom. The molecule has 0 saturated heterocycles. The third-order valence-electron chi connectivity index (χ3n) is 3.28. The van der Waals surface area contributed by atoms with Crippen molar-refractivity contribution >= 4 is 35.0 Å². The maximum Gasteiger partial charge on any atom is 0.311 e. The number of amides is 1. The fourth-order valence-corrected chi connectivity index (χ4v) is 2.23. The van der Waals surface area contributed by atoms with Gasteiger partial charge in [0, 0.05) is 11.1 Å². The summed E-state index contributed by atoms with van der Waals surface area (Å²) in [7, 11) is 1.41. The molecule has 0 aliphatic rings. The van der Waals surface area contributed by atoms with Crippen LogP contribution in [0.4, 0.5) is 11.4 Å². The molecule has 0 radical (unpaired) electrons. The van der Waals surface area contributed by atoms with Crippen molar-refractivity contribution in [1.29, 1.82) is 5.26 Å². The molecule has 2 rings (SSSR count). The van der Waals surface area contributed by atoms with Crippen LogP contribution in [0.25, 0.3) is 6.08 Å². The number of nitriles is 1. The molecule has 2 aromatic rings. The fraction of sp³-hybridized carbons (Fsp3) is 0.0588. The van der Waals surface area contributed by atoms with E-state index in [0.717, 1.165) is 12.1 Å². The van der Waals surface area contributed by atoms with Crippen LogP contribution in [0.1, 0.15) is 5.56 Å². The second-order valence-corrected chi connectivity index (χ2v) is 5.41. The molecule has 0 bridgehead atoms. The maximum atomic E-state index is 12.3. The number of ether oxygens (including phenoxy) is 1. The summed E-state index contributed by atoms with van der Waals surface area (Å²) < 4.78 is 5.11. The average Bonchev–Trinajstić information content (AvgIpc) is 2.60. The van der Waals surface area contributed by atoms with Crippen LogP contribution in [-0.2, 0) is 4.79 Å². The zero-order valence-electron chi connectivity index (χ0n) is 13.4. The van der Waals surface area contributed by atoms with Crippen LogP contribution in [0.15, 0.2) is 42.0 Å². The van der Waals surface area contributed by atoms with Crippen LogP contribution >= 0.6 is 11.6 Å². The van der Waals surface area contributed by atoms with Gasteiger partial charge >= 0.3 is 5.69 Å². The number of nitrogens with one attached hydrogen (secondary N) is 1. The standard InChI is InChI=1S/C17H12ClN3O5/c1-26-16-5-3-12(18)8-13(16)20-17(23)11(9-19)6-10-2-4-15(22)14(7-10)21(24)25/h2-8,22H,1H3,(H,20,23)/b11-6+. The minimum absolute atomic E-state index is 0.208. The zero-order chi connectivity index (χ0) is 19.3. The number of hydrogen-bond acceptors (Lipinski definition) is 6. The lowest BCUT2D eigenvalue weighted by molar-refractivity contribution is -0.385. The van der Waals surface area contributed by atoms with Crippen LogP contribution in [0.3, 0.4) is 0 Å². The second-order valence-electron chi connectivity index (χ2n) is 4.97. The van der Waals surface area contributed by atoms with Gasteiger partial charge in [-0.05, 0) is 35.9 Å². The van der Waals surface area contributed by atoms with Crippen LogP contribution < -0.4 is 10.1 Å². The number of nitrogens with zero attached hydrogens (tertiary/aromatic N) is 2. The first-order valence-corrected chi connectivity index (χ1v) is 7.47. The highest BCUT2D eigenvalue weighted by atomic mass is 35.5. The van der Waals surface area contributed by atoms with Crippen molar-refractivity contribution < 1.29 is 19.6 Å². The number of phenolic OH excluding ortho intramolecular Hbond substituents is 1. The van der Waals surface area contributed by atoms with Crippen molar-refractivity contribution in [3.05, 3.63) is 62.7 Å². The molecule has 132 valence electrons. The van der Waals surface area contributed by atoms with Gasteiger partial charge in [-0.1, -0.05) is 17.7 Å². The number of carbonyl (C=O) groups is 1. The predicted molar refractivity (Wildman–Crippen MR) is 95.0 cm³/mol. The second kappa shape index (κ2) is 8.00. The highest BCUT2D eigenvalue weighted by Gasteiger charge is 2.16. The Morgan fingerprint density at radius 2 is 2.12 bits per heavy atom. The number of phenols is 1. The molecule has 2 aromatic carbocycles. The summed E-state index contributed by atoms with van der Waals surface area (Å²) in [6, 6.07) is 9.82. The highest BCUT2D eigenvalue weighted by molar-refractivity contribution is 6.31. The van der Waals surface area contributed by atoms with Gasteiger partial charge < -0.3 is 15.2 Å². The maximum absolute atomic E-state index is 12.3. The highest BCUT2D eigenvalue weighted by Crippen LogP contribution is 2.29. The van der Waals surface area contributed by atoms with Gasteiger partial charge in [0.25, 0.3) is 5.91 Å². The lowest BCUT2D eigenvalue weighted by Gasteiger charge is -2.10. The Balaban J connectivity index is 2.34. The van der Waals surface area contributed by atoms with E-state index in [1.54, 1.807) is 18.2 Å². The van der Waals surface area contributed by atoms with Crippen LogP contribution in [0.2, 0.25) is 5.02 Å². The first-order chi connectivity index (χ1) is 12.3. The monoisotopic (exact) mass is 373 g/mol. The minimum atomic E-state index is -0.768. The van der Waals surface area contributed by atoms with E-state index < -0.39 is 22.3 Å². The summed E-state index contributed by atoms with van der Waals surface area (Å²) in [6.07, 6.45) is 1.17. The molecule has 0 aliphatic carbocycles. The molecular formula is C17H12ClN3O5. The molecule has 0 aliphatic heterocycles. The number of benzene rings is 2. The van der Waals surface area contributed by atoms with Crippen molar-refractivity contribution in [2.45, 2.75) is 0 Å². The largest absolute Gasteiger partial charge is 0.502 e. The average molecular weight is 374 g/mol. The van der Waals surface area contributed by atoms with Gasteiger partial charge in [0.1, 0.15) is 17.4 Å². The summed E-state index contributed by atoms with van der Waals surface area (Å²) in [5.74, 6) is -0.914. The number of aromatic hydroxyl groups is 1. The van der Waals surface area contributed by atoms with Gasteiger partial charge in [0.2, 0.25) is 0 Å². The van der Waals surface area contributed by atoms with E-state index in [1.807, 2.05) is 0 Å². The molecule has 8 nitrogen and oxygen atoms in total. The van der Waals surface area contributed by atoms with E-state index in [2.05, 4.69) is 5.32 Å². The molecule has 9 heteroatoms. The van der Waals surface area contributed by atoms with E-state index in [4.69, 9.17) is 16.3 Å². The molecule has 26 heavy (non-hydrogen) atoms. The van der Waals surface area contributed by atoms with E-state index in [9.17, 15) is 25.3 Å². The molecule has 0 spiro atoms. The van der Waals surface area contributed by atoms with Gasteiger partial charge in [0.15, 0.2) is 5.75 Å². The number of anilines is 1. The number of rotatable bonds is 5. The Labute approximate surface area is 153 Å². The molecule has 2 N–H and O–H groups in total. The topological polar surface area (TPSA) is 125 Å². The normalized spacial score (nSPS) is 10.7. The Morgan fingerprint density at radius 3 is 2.73 bits per heavy atom. The molecular weight excluding hydrogens is 362 g/mol. The van der Waals surface area contributed by atoms with Crippen molar-refractivity contribution in [3.63, 3.8) is 0 Å². The van der Waals surface area contributed by atoms with Crippen molar-refractivity contribution in [1.82, 2.24) is 0 Å². The van der Waals surface area contributed by atoms with E-state index in [-0.39, 0.29) is 16.8 Å². The predicted octanol–water partition coefficient (Wildman–Crippen LogP) is 3.51. The minimum Gasteiger partial charge on any atom is -0.502 e. The Hall–Kier alpha value is -3.57. The van der Waals surface area contributed by atoms with Crippen molar-refractivity contribution in [2.24, 2.45) is 0 Å². The van der Waals surface area contributed by atoms with E-state index >= 15 is 0 Å². The summed E-state index contributed by atoms with van der Waals surface area (Å²) in [5, 5.41) is 32.4. The van der Waals surface area contributed by atoms with E-state index in [1.165, 1.54) is 25.3 Å². The quantitative estimate of drug-likeness (QED) is 0.357. The lowest BCUT2D eigenvalue weighted by Crippen LogP contribution is -2.14. The molecule has 0 unspecified atom stereocenters. The van der Waals surface area contributed by atoms with Gasteiger partial charge in [-0.15, -0.1) is 0 Å². The van der Waals surface area contributed by atoms with Gasteiger partial charge in [-0.25, -0.2) is 0 Å². The third kappa shape index (κ3) is 4.28. The first kappa shape index (κ1) is 18.8. The summed E-state index contributed by atoms with van der Waals surface area (Å²) in [6.45, 7) is 0. The lowest BCUT2D eigenvalue weighted by atomic mass is 10.1. The number of carbonyl (C=O) groups excluding carboxylic acids is 1. The number of hydrogen-bond donors (Lipinski definition) is 2. The van der Waals surface area contributed by atoms with Crippen molar-refractivity contribution in [2.75, 3.05) is 12.4 Å². The molecule has 0 aromatic heterocycles. The van der Waals surface area contributed by atoms with E-state index in [0.29, 0.717) is 10.8 Å². The molecule has 0 atom stereocenters. The molecule has 0 saturated carbocycles. The number of nitro groups is 1. The Kier molecular flexibility index (Phi) is 5.78. The number of methoxy groups -OCH3 is 1. The van der Waals surface area contributed by atoms with Gasteiger partial charge in [0.05, 0.1) is 17.7 Å². The van der Waals surface area contributed by atoms with Gasteiger partial charge in [-0.2, -0.15) is 5.26 Å². The van der Waals surface area contributed by atoms with Gasteiger partial charge in [-0.3, -0.25) is 14.9 Å². The smallest absolute Gasteiger partial charge is 0.311 e. The molecule has 0 heterocycles. The molecule has 1 amide bonds.